The highest BCUT2D eigenvalue weighted by Crippen LogP contribution is 2.30. The Morgan fingerprint density at radius 2 is 1.93 bits per heavy atom. The molecule has 1 heterocycles. The third kappa shape index (κ3) is 5.75. The van der Waals surface area contributed by atoms with E-state index in [1.807, 2.05) is 49.4 Å². The summed E-state index contributed by atoms with van der Waals surface area (Å²) in [7, 11) is 0. The normalized spacial score (nSPS) is 13.5. The van der Waals surface area contributed by atoms with Crippen molar-refractivity contribution in [3.8, 4) is 17.6 Å². The first-order chi connectivity index (χ1) is 14.2. The molecule has 0 saturated heterocycles. The molecule has 1 atom stereocenters. The monoisotopic (exact) mass is 393 g/mol. The Morgan fingerprint density at radius 3 is 2.69 bits per heavy atom. The van der Waals surface area contributed by atoms with E-state index in [1.54, 1.807) is 6.92 Å². The largest absolute Gasteiger partial charge is 0.490 e. The molecule has 2 aromatic rings. The van der Waals surface area contributed by atoms with Crippen LogP contribution in [-0.2, 0) is 20.7 Å². The summed E-state index contributed by atoms with van der Waals surface area (Å²) in [5, 5.41) is 0. The maximum Gasteiger partial charge on any atom is 0.335 e. The second kappa shape index (κ2) is 10.5. The first-order valence-electron chi connectivity index (χ1n) is 10.0. The molecule has 1 aliphatic rings. The molecular weight excluding hydrogens is 366 g/mol. The molecule has 0 N–H and O–H groups in total. The molecule has 1 unspecified atom stereocenters. The molecule has 152 valence electrons. The fourth-order valence-corrected chi connectivity index (χ4v) is 3.21. The predicted octanol–water partition coefficient (Wildman–Crippen LogP) is 3.45. The van der Waals surface area contributed by atoms with E-state index in [0.29, 0.717) is 32.8 Å². The van der Waals surface area contributed by atoms with Gasteiger partial charge in [-0.2, -0.15) is 0 Å². The van der Waals surface area contributed by atoms with E-state index in [9.17, 15) is 4.79 Å². The van der Waals surface area contributed by atoms with E-state index in [4.69, 9.17) is 14.2 Å². The van der Waals surface area contributed by atoms with Gasteiger partial charge in [-0.15, -0.1) is 0 Å². The summed E-state index contributed by atoms with van der Waals surface area (Å²) in [5.41, 5.74) is 3.05. The Bertz CT molecular complexity index is 866. The lowest BCUT2D eigenvalue weighted by molar-refractivity contribution is -0.156. The molecule has 0 aromatic heterocycles. The topological polar surface area (TPSA) is 48.0 Å². The van der Waals surface area contributed by atoms with Gasteiger partial charge < -0.3 is 19.1 Å². The Kier molecular flexibility index (Phi) is 7.54. The van der Waals surface area contributed by atoms with Crippen molar-refractivity contribution < 1.29 is 19.0 Å². The molecule has 1 aliphatic heterocycles. The highest BCUT2D eigenvalue weighted by atomic mass is 16.6. The predicted molar refractivity (Wildman–Crippen MR) is 113 cm³/mol. The van der Waals surface area contributed by atoms with E-state index in [-0.39, 0.29) is 5.97 Å². The number of hydrogen-bond donors (Lipinski definition) is 0. The number of rotatable bonds is 7. The van der Waals surface area contributed by atoms with Crippen LogP contribution in [0.5, 0.6) is 5.75 Å². The fourth-order valence-electron chi connectivity index (χ4n) is 3.21. The molecule has 0 aliphatic carbocycles. The maximum absolute atomic E-state index is 12.0. The van der Waals surface area contributed by atoms with Gasteiger partial charge in [0.05, 0.1) is 25.4 Å². The minimum absolute atomic E-state index is 0.316. The molecule has 0 bridgehead atoms. The molecular formula is C24H27NO4. The Balaban J connectivity index is 1.60. The fraction of sp³-hybridized carbons (Fsp3) is 0.375. The van der Waals surface area contributed by atoms with Crippen LogP contribution in [0.15, 0.2) is 48.5 Å². The number of carbonyl (C=O) groups is 1. The summed E-state index contributed by atoms with van der Waals surface area (Å²) in [6, 6.07) is 16.0. The lowest BCUT2D eigenvalue weighted by Crippen LogP contribution is -2.32. The number of fused-ring (bicyclic) bond motifs is 1. The van der Waals surface area contributed by atoms with Gasteiger partial charge in [0.2, 0.25) is 0 Å². The van der Waals surface area contributed by atoms with Crippen molar-refractivity contribution in [2.75, 3.05) is 37.8 Å². The van der Waals surface area contributed by atoms with Crippen LogP contribution >= 0.6 is 0 Å². The van der Waals surface area contributed by atoms with Crippen molar-refractivity contribution in [2.24, 2.45) is 0 Å². The van der Waals surface area contributed by atoms with Crippen LogP contribution in [-0.4, -0.2) is 45.0 Å². The molecule has 5 heteroatoms. The standard InChI is InChI=1S/C24H27NO4/c1-3-27-23(24(26)28-4-2)18-20-13-11-19(12-14-20)8-7-15-25-16-17-29-22-10-6-5-9-21(22)25/h5-6,9-14,23H,3-4,15-18H2,1-2H3. The van der Waals surface area contributed by atoms with Crippen molar-refractivity contribution >= 4 is 11.7 Å². The first kappa shape index (κ1) is 20.8. The summed E-state index contributed by atoms with van der Waals surface area (Å²) >= 11 is 0. The van der Waals surface area contributed by atoms with Gasteiger partial charge >= 0.3 is 5.97 Å². The van der Waals surface area contributed by atoms with E-state index in [1.165, 1.54) is 0 Å². The molecule has 3 rings (SSSR count). The number of carbonyl (C=O) groups excluding carboxylic acids is 1. The summed E-state index contributed by atoms with van der Waals surface area (Å²) in [6.45, 7) is 6.65. The van der Waals surface area contributed by atoms with Crippen LogP contribution in [0.2, 0.25) is 0 Å². The number of anilines is 1. The van der Waals surface area contributed by atoms with E-state index < -0.39 is 6.10 Å². The minimum Gasteiger partial charge on any atom is -0.490 e. The summed E-state index contributed by atoms with van der Waals surface area (Å²) in [5.74, 6) is 7.06. The van der Waals surface area contributed by atoms with Crippen molar-refractivity contribution in [1.29, 1.82) is 0 Å². The van der Waals surface area contributed by atoms with E-state index in [2.05, 4.69) is 22.8 Å². The number of esters is 1. The highest BCUT2D eigenvalue weighted by Gasteiger charge is 2.20. The number of benzene rings is 2. The maximum atomic E-state index is 12.0. The van der Waals surface area contributed by atoms with Crippen LogP contribution in [0.25, 0.3) is 0 Å². The van der Waals surface area contributed by atoms with Crippen molar-refractivity contribution in [3.63, 3.8) is 0 Å². The second-order valence-corrected chi connectivity index (χ2v) is 6.64. The van der Waals surface area contributed by atoms with Crippen LogP contribution in [0.4, 0.5) is 5.69 Å². The van der Waals surface area contributed by atoms with E-state index in [0.717, 1.165) is 29.1 Å². The molecule has 0 amide bonds. The minimum atomic E-state index is -0.571. The van der Waals surface area contributed by atoms with Crippen LogP contribution in [0.1, 0.15) is 25.0 Å². The van der Waals surface area contributed by atoms with Gasteiger partial charge in [0.15, 0.2) is 6.10 Å². The Morgan fingerprint density at radius 1 is 1.14 bits per heavy atom. The molecule has 0 spiro atoms. The van der Waals surface area contributed by atoms with Gasteiger partial charge in [-0.05, 0) is 43.7 Å². The van der Waals surface area contributed by atoms with Crippen LogP contribution < -0.4 is 9.64 Å². The van der Waals surface area contributed by atoms with Crippen molar-refractivity contribution in [3.05, 3.63) is 59.7 Å². The lowest BCUT2D eigenvalue weighted by Gasteiger charge is -2.29. The number of nitrogens with zero attached hydrogens (tertiary/aromatic N) is 1. The third-order valence-electron chi connectivity index (χ3n) is 4.62. The van der Waals surface area contributed by atoms with E-state index >= 15 is 0 Å². The van der Waals surface area contributed by atoms with Crippen molar-refractivity contribution in [2.45, 2.75) is 26.4 Å². The van der Waals surface area contributed by atoms with Gasteiger partial charge in [0.1, 0.15) is 12.4 Å². The van der Waals surface area contributed by atoms with Crippen LogP contribution in [0.3, 0.4) is 0 Å². The zero-order valence-electron chi connectivity index (χ0n) is 17.0. The number of hydrogen-bond acceptors (Lipinski definition) is 5. The Hall–Kier alpha value is -2.97. The molecule has 29 heavy (non-hydrogen) atoms. The molecule has 2 aromatic carbocycles. The average molecular weight is 393 g/mol. The van der Waals surface area contributed by atoms with Crippen LogP contribution in [0, 0.1) is 11.8 Å². The van der Waals surface area contributed by atoms with Gasteiger partial charge in [-0.1, -0.05) is 36.1 Å². The highest BCUT2D eigenvalue weighted by molar-refractivity contribution is 5.75. The molecule has 0 fully saturated rings. The van der Waals surface area contributed by atoms with Gasteiger partial charge in [-0.3, -0.25) is 0 Å². The number of ether oxygens (including phenoxy) is 3. The SMILES string of the molecule is CCOC(=O)C(Cc1ccc(C#CCN2CCOc3ccccc32)cc1)OCC. The summed E-state index contributed by atoms with van der Waals surface area (Å²) in [4.78, 5) is 14.2. The molecule has 0 radical (unpaired) electrons. The van der Waals surface area contributed by atoms with Gasteiger partial charge in [-0.25, -0.2) is 4.79 Å². The zero-order chi connectivity index (χ0) is 20.5. The van der Waals surface area contributed by atoms with Crippen molar-refractivity contribution in [1.82, 2.24) is 0 Å². The lowest BCUT2D eigenvalue weighted by atomic mass is 10.1. The third-order valence-corrected chi connectivity index (χ3v) is 4.62. The quantitative estimate of drug-likeness (QED) is 0.533. The average Bonchev–Trinajstić information content (AvgIpc) is 2.75. The first-order valence-corrected chi connectivity index (χ1v) is 10.0. The van der Waals surface area contributed by atoms with Gasteiger partial charge in [0.25, 0.3) is 0 Å². The molecule has 0 saturated carbocycles. The van der Waals surface area contributed by atoms with Gasteiger partial charge in [0, 0.05) is 18.6 Å². The smallest absolute Gasteiger partial charge is 0.335 e. The summed E-state index contributed by atoms with van der Waals surface area (Å²) < 4.78 is 16.3. The number of para-hydroxylation sites is 2. The Labute approximate surface area is 172 Å². The zero-order valence-corrected chi connectivity index (χ0v) is 17.0. The second-order valence-electron chi connectivity index (χ2n) is 6.64. The summed E-state index contributed by atoms with van der Waals surface area (Å²) in [6.07, 6.45) is -0.0800. The molecule has 5 nitrogen and oxygen atoms in total.